The van der Waals surface area contributed by atoms with E-state index in [1.165, 1.54) is 11.8 Å². The fourth-order valence-corrected chi connectivity index (χ4v) is 4.49. The molecule has 4 rings (SSSR count). The quantitative estimate of drug-likeness (QED) is 0.446. The van der Waals surface area contributed by atoms with Gasteiger partial charge < -0.3 is 9.32 Å². The summed E-state index contributed by atoms with van der Waals surface area (Å²) in [4.78, 5) is 14.7. The molecule has 1 aliphatic rings. The topological polar surface area (TPSA) is 64.2 Å². The number of allylic oxidation sites excluding steroid dienone is 2. The molecule has 0 fully saturated rings. The lowest BCUT2D eigenvalue weighted by Crippen LogP contribution is -2.31. The van der Waals surface area contributed by atoms with E-state index in [4.69, 9.17) is 16.0 Å². The number of hydrogen-bond acceptors (Lipinski definition) is 5. The summed E-state index contributed by atoms with van der Waals surface area (Å²) in [5.41, 5.74) is 2.05. The van der Waals surface area contributed by atoms with Gasteiger partial charge in [-0.3, -0.25) is 9.36 Å². The average molecular weight is 443 g/mol. The molecule has 8 heteroatoms. The molecule has 2 heterocycles. The van der Waals surface area contributed by atoms with E-state index in [0.717, 1.165) is 36.3 Å². The lowest BCUT2D eigenvalue weighted by atomic mass is 10.2. The molecular weight excluding hydrogens is 420 g/mol. The van der Waals surface area contributed by atoms with Gasteiger partial charge in [0.05, 0.1) is 18.6 Å². The summed E-state index contributed by atoms with van der Waals surface area (Å²) < 4.78 is 7.51. The highest BCUT2D eigenvalue weighted by molar-refractivity contribution is 7.99. The molecule has 30 heavy (non-hydrogen) atoms. The Morgan fingerprint density at radius 3 is 2.77 bits per heavy atom. The van der Waals surface area contributed by atoms with Crippen molar-refractivity contribution in [2.45, 2.75) is 37.9 Å². The van der Waals surface area contributed by atoms with E-state index in [9.17, 15) is 4.79 Å². The van der Waals surface area contributed by atoms with Crippen LogP contribution in [-0.2, 0) is 11.3 Å². The van der Waals surface area contributed by atoms with Gasteiger partial charge in [-0.15, -0.1) is 10.2 Å². The molecule has 156 valence electrons. The largest absolute Gasteiger partial charge is 0.467 e. The van der Waals surface area contributed by atoms with Crippen LogP contribution in [0.15, 0.2) is 64.0 Å². The minimum absolute atomic E-state index is 0.0937. The first-order valence-electron chi connectivity index (χ1n) is 9.99. The number of thioether (sulfide) groups is 1. The Morgan fingerprint density at radius 2 is 2.10 bits per heavy atom. The zero-order valence-electron chi connectivity index (χ0n) is 16.8. The molecule has 2 aromatic heterocycles. The summed E-state index contributed by atoms with van der Waals surface area (Å²) in [7, 11) is 0. The van der Waals surface area contributed by atoms with Gasteiger partial charge in [0, 0.05) is 22.8 Å². The van der Waals surface area contributed by atoms with Gasteiger partial charge in [-0.1, -0.05) is 29.4 Å². The Morgan fingerprint density at radius 1 is 1.27 bits per heavy atom. The number of benzene rings is 1. The highest BCUT2D eigenvalue weighted by Crippen LogP contribution is 2.28. The van der Waals surface area contributed by atoms with Crippen LogP contribution >= 0.6 is 23.4 Å². The van der Waals surface area contributed by atoms with Gasteiger partial charge in [0.1, 0.15) is 5.76 Å². The Labute approximate surface area is 184 Å². The number of aromatic nitrogens is 3. The second kappa shape index (κ2) is 9.53. The summed E-state index contributed by atoms with van der Waals surface area (Å²) in [6, 6.07) is 11.2. The number of hydrogen-bond donors (Lipinski definition) is 0. The van der Waals surface area contributed by atoms with Crippen molar-refractivity contribution in [3.63, 3.8) is 0 Å². The first kappa shape index (κ1) is 20.8. The summed E-state index contributed by atoms with van der Waals surface area (Å²) in [6.07, 6.45) is 6.96. The van der Waals surface area contributed by atoms with Crippen LogP contribution in [0.1, 0.15) is 31.9 Å². The number of nitrogens with zero attached hydrogens (tertiary/aromatic N) is 4. The molecule has 0 spiro atoms. The Kier molecular flexibility index (Phi) is 6.59. The van der Waals surface area contributed by atoms with E-state index >= 15 is 0 Å². The third kappa shape index (κ3) is 4.63. The van der Waals surface area contributed by atoms with E-state index in [1.807, 2.05) is 52.8 Å². The van der Waals surface area contributed by atoms with E-state index in [0.29, 0.717) is 34.8 Å². The molecule has 0 atom stereocenters. The third-order valence-corrected chi connectivity index (χ3v) is 6.22. The van der Waals surface area contributed by atoms with Crippen LogP contribution in [-0.4, -0.2) is 37.9 Å². The lowest BCUT2D eigenvalue weighted by Gasteiger charge is -2.22. The Bertz CT molecular complexity index is 1030. The van der Waals surface area contributed by atoms with Crippen molar-refractivity contribution in [1.82, 2.24) is 19.7 Å². The monoisotopic (exact) mass is 442 g/mol. The third-order valence-electron chi connectivity index (χ3n) is 5.02. The zero-order chi connectivity index (χ0) is 20.9. The first-order chi connectivity index (χ1) is 14.7. The summed E-state index contributed by atoms with van der Waals surface area (Å²) >= 11 is 7.43. The van der Waals surface area contributed by atoms with Crippen molar-refractivity contribution >= 4 is 29.3 Å². The molecule has 1 aliphatic carbocycles. The van der Waals surface area contributed by atoms with Crippen molar-refractivity contribution < 1.29 is 9.21 Å². The average Bonchev–Trinajstić information content (AvgIpc) is 3.51. The molecular formula is C22H23ClN4O2S. The normalized spacial score (nSPS) is 13.5. The number of halogens is 1. The van der Waals surface area contributed by atoms with Crippen molar-refractivity contribution in [2.75, 3.05) is 12.3 Å². The predicted octanol–water partition coefficient (Wildman–Crippen LogP) is 5.25. The van der Waals surface area contributed by atoms with Crippen molar-refractivity contribution in [3.8, 4) is 11.4 Å². The zero-order valence-corrected chi connectivity index (χ0v) is 18.3. The van der Waals surface area contributed by atoms with Crippen LogP contribution < -0.4 is 0 Å². The van der Waals surface area contributed by atoms with Crippen LogP contribution in [0.25, 0.3) is 11.4 Å². The van der Waals surface area contributed by atoms with Crippen molar-refractivity contribution in [3.05, 3.63) is 65.2 Å². The molecule has 0 N–H and O–H groups in total. The van der Waals surface area contributed by atoms with Gasteiger partial charge in [-0.25, -0.2) is 0 Å². The van der Waals surface area contributed by atoms with Gasteiger partial charge in [-0.2, -0.15) is 0 Å². The van der Waals surface area contributed by atoms with Crippen LogP contribution in [0.3, 0.4) is 0 Å². The fraction of sp³-hybridized carbons (Fsp3) is 0.318. The van der Waals surface area contributed by atoms with Crippen LogP contribution in [0.4, 0.5) is 0 Å². The minimum atomic E-state index is 0.0937. The molecule has 0 saturated carbocycles. The van der Waals surface area contributed by atoms with E-state index in [2.05, 4.69) is 16.3 Å². The first-order valence-corrected chi connectivity index (χ1v) is 11.4. The van der Waals surface area contributed by atoms with E-state index in [1.54, 1.807) is 6.26 Å². The minimum Gasteiger partial charge on any atom is -0.467 e. The molecule has 0 bridgehead atoms. The maximum atomic E-state index is 12.9. The predicted molar refractivity (Wildman–Crippen MR) is 118 cm³/mol. The maximum Gasteiger partial charge on any atom is 0.237 e. The van der Waals surface area contributed by atoms with E-state index in [-0.39, 0.29) is 5.91 Å². The number of amides is 1. The number of carbonyl (C=O) groups is 1. The SMILES string of the molecule is CCN(C(=O)CSc1nnc(-c2ccc(Cl)cc2)n1Cc1ccco1)C1=CCCC1. The maximum absolute atomic E-state index is 12.9. The molecule has 0 aliphatic heterocycles. The highest BCUT2D eigenvalue weighted by Gasteiger charge is 2.21. The molecule has 0 saturated heterocycles. The second-order valence-corrected chi connectivity index (χ2v) is 8.37. The Hall–Kier alpha value is -2.51. The summed E-state index contributed by atoms with van der Waals surface area (Å²) in [6.45, 7) is 3.18. The molecule has 6 nitrogen and oxygen atoms in total. The van der Waals surface area contributed by atoms with Gasteiger partial charge in [0.15, 0.2) is 11.0 Å². The van der Waals surface area contributed by atoms with Crippen LogP contribution in [0, 0.1) is 0 Å². The second-order valence-electron chi connectivity index (χ2n) is 6.99. The van der Waals surface area contributed by atoms with Crippen LogP contribution in [0.2, 0.25) is 5.02 Å². The number of furan rings is 1. The smallest absolute Gasteiger partial charge is 0.237 e. The van der Waals surface area contributed by atoms with Gasteiger partial charge >= 0.3 is 0 Å². The standard InChI is InChI=1S/C22H23ClN4O2S/c1-2-26(18-6-3-4-7-18)20(28)15-30-22-25-24-21(16-9-11-17(23)12-10-16)27(22)14-19-8-5-13-29-19/h5-6,8-13H,2-4,7,14-15H2,1H3. The Balaban J connectivity index is 1.56. The highest BCUT2D eigenvalue weighted by atomic mass is 35.5. The molecule has 1 amide bonds. The molecule has 0 radical (unpaired) electrons. The van der Waals surface area contributed by atoms with Crippen LogP contribution in [0.5, 0.6) is 0 Å². The lowest BCUT2D eigenvalue weighted by molar-refractivity contribution is -0.126. The number of rotatable bonds is 8. The molecule has 1 aromatic carbocycles. The van der Waals surface area contributed by atoms with Gasteiger partial charge in [0.25, 0.3) is 0 Å². The van der Waals surface area contributed by atoms with Crippen molar-refractivity contribution in [2.24, 2.45) is 0 Å². The van der Waals surface area contributed by atoms with E-state index < -0.39 is 0 Å². The molecule has 0 unspecified atom stereocenters. The number of carbonyl (C=O) groups excluding carboxylic acids is 1. The van der Waals surface area contributed by atoms with Crippen molar-refractivity contribution in [1.29, 1.82) is 0 Å². The van der Waals surface area contributed by atoms with Gasteiger partial charge in [0.2, 0.25) is 5.91 Å². The molecule has 3 aromatic rings. The van der Waals surface area contributed by atoms with Gasteiger partial charge in [-0.05, 0) is 62.6 Å². The summed E-state index contributed by atoms with van der Waals surface area (Å²) in [5, 5.41) is 10.1. The fourth-order valence-electron chi connectivity index (χ4n) is 3.55. The summed E-state index contributed by atoms with van der Waals surface area (Å²) in [5.74, 6) is 1.91.